The number of benzene rings is 1. The highest BCUT2D eigenvalue weighted by atomic mass is 35.5. The van der Waals surface area contributed by atoms with E-state index in [-0.39, 0.29) is 47.8 Å². The van der Waals surface area contributed by atoms with Crippen molar-refractivity contribution in [3.05, 3.63) is 38.9 Å². The number of rotatable bonds is 7. The highest BCUT2D eigenvalue weighted by molar-refractivity contribution is 6.38. The molecule has 4 rings (SSSR count). The Morgan fingerprint density at radius 1 is 1.42 bits per heavy atom. The molecule has 11 heteroatoms. The first-order valence-corrected chi connectivity index (χ1v) is 10.2. The summed E-state index contributed by atoms with van der Waals surface area (Å²) >= 11 is 6.63. The summed E-state index contributed by atoms with van der Waals surface area (Å²) in [4.78, 5) is 30.8. The van der Waals surface area contributed by atoms with Gasteiger partial charge in [0.05, 0.1) is 33.9 Å². The van der Waals surface area contributed by atoms with E-state index in [1.807, 2.05) is 0 Å². The van der Waals surface area contributed by atoms with Crippen molar-refractivity contribution in [1.82, 2.24) is 4.57 Å². The van der Waals surface area contributed by atoms with Crippen LogP contribution in [0, 0.1) is 11.7 Å². The molecular weight excluding hydrogens is 434 g/mol. The van der Waals surface area contributed by atoms with E-state index < -0.39 is 29.5 Å². The quantitative estimate of drug-likeness (QED) is 0.491. The third-order valence-corrected chi connectivity index (χ3v) is 5.93. The minimum Gasteiger partial charge on any atom is -0.477 e. The number of hydrogen-bond acceptors (Lipinski definition) is 6. The number of carboxylic acids is 1. The van der Waals surface area contributed by atoms with Gasteiger partial charge in [0, 0.05) is 31.2 Å². The molecule has 8 nitrogen and oxygen atoms in total. The largest absolute Gasteiger partial charge is 0.477 e. The number of anilines is 1. The Morgan fingerprint density at radius 2 is 2.16 bits per heavy atom. The molecule has 2 heterocycles. The number of halogens is 3. The van der Waals surface area contributed by atoms with Crippen LogP contribution in [-0.2, 0) is 4.84 Å². The molecule has 0 amide bonds. The SMILES string of the molecule is NCC1CN(c2c(F)cc3c(=O)c(C(=O)O)cn(C4CC4)c3c2Cl)CC1=NOCCF. The first kappa shape index (κ1) is 21.5. The van der Waals surface area contributed by atoms with Crippen molar-refractivity contribution in [2.45, 2.75) is 18.9 Å². The van der Waals surface area contributed by atoms with Gasteiger partial charge in [-0.1, -0.05) is 16.8 Å². The molecule has 1 unspecified atom stereocenters. The van der Waals surface area contributed by atoms with Crippen molar-refractivity contribution in [1.29, 1.82) is 0 Å². The number of nitrogens with zero attached hydrogens (tertiary/aromatic N) is 3. The van der Waals surface area contributed by atoms with Crippen LogP contribution < -0.4 is 16.1 Å². The van der Waals surface area contributed by atoms with E-state index in [0.717, 1.165) is 18.9 Å². The van der Waals surface area contributed by atoms with Crippen LogP contribution in [-0.4, -0.2) is 54.3 Å². The molecule has 2 aliphatic rings. The van der Waals surface area contributed by atoms with Crippen molar-refractivity contribution >= 4 is 39.9 Å². The Morgan fingerprint density at radius 3 is 2.77 bits per heavy atom. The predicted octanol–water partition coefficient (Wildman–Crippen LogP) is 2.56. The lowest BCUT2D eigenvalue weighted by atomic mass is 10.1. The van der Waals surface area contributed by atoms with Gasteiger partial charge in [-0.05, 0) is 18.9 Å². The molecule has 1 atom stereocenters. The van der Waals surface area contributed by atoms with Crippen LogP contribution >= 0.6 is 11.6 Å². The van der Waals surface area contributed by atoms with Crippen LogP contribution in [0.15, 0.2) is 22.2 Å². The fraction of sp³-hybridized carbons (Fsp3) is 0.450. The molecule has 31 heavy (non-hydrogen) atoms. The number of aromatic nitrogens is 1. The molecular formula is C20H21ClF2N4O4. The number of fused-ring (bicyclic) bond motifs is 1. The number of alkyl halides is 1. The fourth-order valence-electron chi connectivity index (χ4n) is 3.92. The summed E-state index contributed by atoms with van der Waals surface area (Å²) in [6.45, 7) is -0.147. The third kappa shape index (κ3) is 3.85. The van der Waals surface area contributed by atoms with Crippen LogP contribution in [0.1, 0.15) is 29.2 Å². The Kier molecular flexibility index (Phi) is 5.85. The number of nitrogens with two attached hydrogens (primary N) is 1. The predicted molar refractivity (Wildman–Crippen MR) is 113 cm³/mol. The van der Waals surface area contributed by atoms with Gasteiger partial charge in [-0.15, -0.1) is 0 Å². The lowest BCUT2D eigenvalue weighted by Gasteiger charge is -2.23. The average Bonchev–Trinajstić information content (AvgIpc) is 3.49. The van der Waals surface area contributed by atoms with E-state index in [4.69, 9.17) is 22.2 Å². The molecule has 0 bridgehead atoms. The highest BCUT2D eigenvalue weighted by Crippen LogP contribution is 2.42. The summed E-state index contributed by atoms with van der Waals surface area (Å²) in [5.74, 6) is -2.35. The standard InChI is InChI=1S/C20H21ClF2N4O4/c21-16-17-12(19(28)13(20(29)30)8-27(17)11-1-2-11)5-14(23)18(16)26-7-10(6-24)15(9-26)25-31-4-3-22/h5,8,10-11H,1-4,6-7,9,24H2,(H,29,30). The fourth-order valence-corrected chi connectivity index (χ4v) is 4.33. The lowest BCUT2D eigenvalue weighted by Crippen LogP contribution is -2.25. The highest BCUT2D eigenvalue weighted by Gasteiger charge is 2.34. The van der Waals surface area contributed by atoms with Crippen molar-refractivity contribution in [2.75, 3.05) is 37.8 Å². The molecule has 3 N–H and O–H groups in total. The number of carbonyl (C=O) groups is 1. The Labute approximate surface area is 180 Å². The molecule has 2 fully saturated rings. The molecule has 0 spiro atoms. The zero-order valence-corrected chi connectivity index (χ0v) is 17.2. The Hall–Kier alpha value is -2.72. The molecule has 1 aliphatic carbocycles. The minimum atomic E-state index is -1.37. The first-order valence-electron chi connectivity index (χ1n) is 9.87. The summed E-state index contributed by atoms with van der Waals surface area (Å²) in [7, 11) is 0. The van der Waals surface area contributed by atoms with E-state index >= 15 is 4.39 Å². The van der Waals surface area contributed by atoms with Gasteiger partial charge in [-0.2, -0.15) is 0 Å². The maximum Gasteiger partial charge on any atom is 0.341 e. The van der Waals surface area contributed by atoms with Crippen molar-refractivity contribution in [3.63, 3.8) is 0 Å². The van der Waals surface area contributed by atoms with Crippen LogP contribution in [0.3, 0.4) is 0 Å². The molecule has 0 radical (unpaired) electrons. The summed E-state index contributed by atoms with van der Waals surface area (Å²) in [5.41, 5.74) is 5.54. The second-order valence-corrected chi connectivity index (χ2v) is 8.03. The topological polar surface area (TPSA) is 110 Å². The van der Waals surface area contributed by atoms with Gasteiger partial charge >= 0.3 is 5.97 Å². The summed E-state index contributed by atoms with van der Waals surface area (Å²) in [5, 5.41) is 13.3. The molecule has 1 aromatic carbocycles. The molecule has 1 aliphatic heterocycles. The maximum absolute atomic E-state index is 15.2. The van der Waals surface area contributed by atoms with Gasteiger partial charge in [0.2, 0.25) is 5.43 Å². The number of pyridine rings is 1. The lowest BCUT2D eigenvalue weighted by molar-refractivity contribution is 0.0695. The van der Waals surface area contributed by atoms with Crippen molar-refractivity contribution < 1.29 is 23.5 Å². The summed E-state index contributed by atoms with van der Waals surface area (Å²) in [6, 6.07) is 1.04. The summed E-state index contributed by atoms with van der Waals surface area (Å²) < 4.78 is 29.1. The molecule has 1 saturated carbocycles. The van der Waals surface area contributed by atoms with Gasteiger partial charge in [-0.25, -0.2) is 13.6 Å². The first-order chi connectivity index (χ1) is 14.9. The van der Waals surface area contributed by atoms with E-state index in [1.165, 1.54) is 6.20 Å². The smallest absolute Gasteiger partial charge is 0.341 e. The molecule has 1 aromatic heterocycles. The minimum absolute atomic E-state index is 0.00129. The second-order valence-electron chi connectivity index (χ2n) is 7.65. The maximum atomic E-state index is 15.2. The Bertz CT molecular complexity index is 1130. The van der Waals surface area contributed by atoms with Crippen LogP contribution in [0.25, 0.3) is 10.9 Å². The van der Waals surface area contributed by atoms with Gasteiger partial charge in [0.25, 0.3) is 0 Å². The molecule has 2 aromatic rings. The third-order valence-electron chi connectivity index (χ3n) is 5.57. The van der Waals surface area contributed by atoms with Crippen LogP contribution in [0.4, 0.5) is 14.5 Å². The zero-order valence-electron chi connectivity index (χ0n) is 16.5. The molecule has 1 saturated heterocycles. The second kappa shape index (κ2) is 8.43. The van der Waals surface area contributed by atoms with E-state index in [1.54, 1.807) is 9.47 Å². The number of aromatic carboxylic acids is 1. The number of oxime groups is 1. The van der Waals surface area contributed by atoms with E-state index in [2.05, 4.69) is 5.16 Å². The van der Waals surface area contributed by atoms with E-state index in [9.17, 15) is 19.1 Å². The van der Waals surface area contributed by atoms with Crippen molar-refractivity contribution in [2.24, 2.45) is 16.8 Å². The van der Waals surface area contributed by atoms with Gasteiger partial charge in [0.1, 0.15) is 24.7 Å². The zero-order chi connectivity index (χ0) is 22.3. The average molecular weight is 455 g/mol. The summed E-state index contributed by atoms with van der Waals surface area (Å²) in [6.07, 6.45) is 2.89. The monoisotopic (exact) mass is 454 g/mol. The van der Waals surface area contributed by atoms with Crippen LogP contribution in [0.5, 0.6) is 0 Å². The van der Waals surface area contributed by atoms with Gasteiger partial charge in [-0.3, -0.25) is 4.79 Å². The van der Waals surface area contributed by atoms with E-state index in [0.29, 0.717) is 17.8 Å². The number of carboxylic acid groups (broad SMARTS) is 1. The number of hydrogen-bond donors (Lipinski definition) is 2. The van der Waals surface area contributed by atoms with Gasteiger partial charge < -0.3 is 25.1 Å². The normalized spacial score (nSPS) is 20.1. The van der Waals surface area contributed by atoms with Gasteiger partial charge in [0.15, 0.2) is 0 Å². The van der Waals surface area contributed by atoms with Crippen molar-refractivity contribution in [3.8, 4) is 0 Å². The van der Waals surface area contributed by atoms with Crippen LogP contribution in [0.2, 0.25) is 5.02 Å². The molecule has 166 valence electrons. The Balaban J connectivity index is 1.84.